The van der Waals surface area contributed by atoms with Gasteiger partial charge in [-0.15, -0.1) is 0 Å². The molecule has 0 aliphatic rings. The number of nitrogens with one attached hydrogen (secondary N) is 1. The molecule has 19 heavy (non-hydrogen) atoms. The van der Waals surface area contributed by atoms with Gasteiger partial charge in [0.25, 0.3) is 5.91 Å². The third-order valence-electron chi connectivity index (χ3n) is 3.30. The van der Waals surface area contributed by atoms with Crippen molar-refractivity contribution in [3.05, 3.63) is 27.3 Å². The number of nitrogens with zero attached hydrogens (tertiary/aromatic N) is 1. The topological polar surface area (TPSA) is 52.6 Å². The lowest BCUT2D eigenvalue weighted by Crippen LogP contribution is -2.37. The summed E-state index contributed by atoms with van der Waals surface area (Å²) in [6, 6.07) is 5.46. The molecule has 0 heterocycles. The molecule has 1 aromatic carbocycles. The molecule has 0 aliphatic heterocycles. The number of phenols is 1. The maximum absolute atomic E-state index is 11.9. The highest BCUT2D eigenvalue weighted by molar-refractivity contribution is 14.1. The molecule has 1 rings (SSSR count). The number of carbonyl (C=O) groups excluding carboxylic acids is 1. The molecule has 1 amide bonds. The first-order valence-corrected chi connectivity index (χ1v) is 7.50. The van der Waals surface area contributed by atoms with Crippen LogP contribution in [0.25, 0.3) is 0 Å². The summed E-state index contributed by atoms with van der Waals surface area (Å²) < 4.78 is 0.741. The van der Waals surface area contributed by atoms with Crippen LogP contribution in [0.1, 0.15) is 30.6 Å². The number of carbonyl (C=O) groups is 1. The number of benzene rings is 1. The fourth-order valence-electron chi connectivity index (χ4n) is 1.63. The second kappa shape index (κ2) is 7.69. The van der Waals surface area contributed by atoms with Gasteiger partial charge >= 0.3 is 0 Å². The second-order valence-corrected chi connectivity index (χ2v) is 5.82. The van der Waals surface area contributed by atoms with Gasteiger partial charge in [-0.2, -0.15) is 0 Å². The Bertz CT molecular complexity index is 437. The predicted molar refractivity (Wildman–Crippen MR) is 85.5 cm³/mol. The first-order valence-electron chi connectivity index (χ1n) is 6.42. The maximum atomic E-state index is 11.9. The largest absolute Gasteiger partial charge is 0.507 e. The summed E-state index contributed by atoms with van der Waals surface area (Å²) in [5.41, 5.74) is 0.490. The van der Waals surface area contributed by atoms with Crippen molar-refractivity contribution in [1.29, 1.82) is 0 Å². The minimum Gasteiger partial charge on any atom is -0.507 e. The number of amides is 1. The SMILES string of the molecule is CCC(C)N(C)CCNC(=O)c1ccc(I)c(O)c1. The first kappa shape index (κ1) is 16.2. The molecule has 0 bridgehead atoms. The fraction of sp³-hybridized carbons (Fsp3) is 0.500. The van der Waals surface area contributed by atoms with E-state index in [-0.39, 0.29) is 11.7 Å². The Labute approximate surface area is 128 Å². The lowest BCUT2D eigenvalue weighted by Gasteiger charge is -2.23. The van der Waals surface area contributed by atoms with Crippen LogP contribution in [0.3, 0.4) is 0 Å². The van der Waals surface area contributed by atoms with E-state index in [2.05, 4.69) is 31.1 Å². The van der Waals surface area contributed by atoms with Gasteiger partial charge in [0.05, 0.1) is 3.57 Å². The van der Waals surface area contributed by atoms with Crippen molar-refractivity contribution in [1.82, 2.24) is 10.2 Å². The number of aromatic hydroxyl groups is 1. The van der Waals surface area contributed by atoms with Crippen LogP contribution in [0, 0.1) is 3.57 Å². The maximum Gasteiger partial charge on any atom is 0.251 e. The van der Waals surface area contributed by atoms with Gasteiger partial charge in [0, 0.05) is 24.7 Å². The highest BCUT2D eigenvalue weighted by Crippen LogP contribution is 2.20. The van der Waals surface area contributed by atoms with Crippen molar-refractivity contribution in [3.8, 4) is 5.75 Å². The molecule has 0 aliphatic carbocycles. The molecule has 106 valence electrons. The number of halogens is 1. The van der Waals surface area contributed by atoms with Crippen molar-refractivity contribution in [2.24, 2.45) is 0 Å². The Balaban J connectivity index is 2.45. The summed E-state index contributed by atoms with van der Waals surface area (Å²) in [6.45, 7) is 5.73. The van der Waals surface area contributed by atoms with Gasteiger partial charge in [-0.1, -0.05) is 6.92 Å². The van der Waals surface area contributed by atoms with Gasteiger partial charge in [0.1, 0.15) is 5.75 Å². The van der Waals surface area contributed by atoms with Crippen LogP contribution >= 0.6 is 22.6 Å². The van der Waals surface area contributed by atoms with Crippen LogP contribution in [0.4, 0.5) is 0 Å². The molecule has 0 spiro atoms. The number of hydrogen-bond donors (Lipinski definition) is 2. The minimum atomic E-state index is -0.149. The lowest BCUT2D eigenvalue weighted by molar-refractivity contribution is 0.0947. The zero-order chi connectivity index (χ0) is 14.4. The van der Waals surface area contributed by atoms with Gasteiger partial charge in [-0.25, -0.2) is 0 Å². The summed E-state index contributed by atoms with van der Waals surface area (Å²) in [4.78, 5) is 14.1. The molecule has 5 heteroatoms. The van der Waals surface area contributed by atoms with E-state index >= 15 is 0 Å². The van der Waals surface area contributed by atoms with Gasteiger partial charge < -0.3 is 15.3 Å². The molecule has 1 atom stereocenters. The van der Waals surface area contributed by atoms with Crippen molar-refractivity contribution in [3.63, 3.8) is 0 Å². The average molecular weight is 376 g/mol. The standard InChI is InChI=1S/C14H21IN2O2/c1-4-10(2)17(3)8-7-16-14(19)11-5-6-12(15)13(18)9-11/h5-6,9-10,18H,4,7-8H2,1-3H3,(H,16,19). The normalized spacial score (nSPS) is 12.5. The second-order valence-electron chi connectivity index (χ2n) is 4.66. The highest BCUT2D eigenvalue weighted by atomic mass is 127. The quantitative estimate of drug-likeness (QED) is 0.750. The summed E-state index contributed by atoms with van der Waals surface area (Å²) >= 11 is 2.02. The molecular weight excluding hydrogens is 355 g/mol. The third kappa shape index (κ3) is 4.99. The average Bonchev–Trinajstić information content (AvgIpc) is 2.40. The third-order valence-corrected chi connectivity index (χ3v) is 4.21. The molecule has 1 unspecified atom stereocenters. The Morgan fingerprint density at radius 3 is 2.79 bits per heavy atom. The molecule has 2 N–H and O–H groups in total. The van der Waals surface area contributed by atoms with Crippen LogP contribution < -0.4 is 5.32 Å². The molecule has 0 saturated heterocycles. The van der Waals surface area contributed by atoms with E-state index < -0.39 is 0 Å². The molecule has 0 saturated carbocycles. The van der Waals surface area contributed by atoms with Gasteiger partial charge in [-0.3, -0.25) is 4.79 Å². The number of phenolic OH excluding ortho intramolecular Hbond substituents is 1. The minimum absolute atomic E-state index is 0.143. The Morgan fingerprint density at radius 1 is 1.53 bits per heavy atom. The Kier molecular flexibility index (Phi) is 6.57. The van der Waals surface area contributed by atoms with Gasteiger partial charge in [0.2, 0.25) is 0 Å². The molecule has 0 fully saturated rings. The molecule has 1 aromatic rings. The van der Waals surface area contributed by atoms with Gasteiger partial charge in [0.15, 0.2) is 0 Å². The van der Waals surface area contributed by atoms with Crippen LogP contribution in [0.2, 0.25) is 0 Å². The highest BCUT2D eigenvalue weighted by Gasteiger charge is 2.09. The molecule has 0 aromatic heterocycles. The lowest BCUT2D eigenvalue weighted by atomic mass is 10.2. The zero-order valence-corrected chi connectivity index (χ0v) is 13.8. The summed E-state index contributed by atoms with van der Waals surface area (Å²) in [7, 11) is 2.05. The van der Waals surface area contributed by atoms with E-state index in [0.29, 0.717) is 18.2 Å². The number of likely N-dealkylation sites (N-methyl/N-ethyl adjacent to an activating group) is 1. The summed E-state index contributed by atoms with van der Waals surface area (Å²) in [6.07, 6.45) is 1.09. The van der Waals surface area contributed by atoms with E-state index in [1.807, 2.05) is 22.6 Å². The first-order chi connectivity index (χ1) is 8.95. The van der Waals surface area contributed by atoms with Gasteiger partial charge in [-0.05, 0) is 61.2 Å². The van der Waals surface area contributed by atoms with Crippen LogP contribution in [0.15, 0.2) is 18.2 Å². The molecule has 4 nitrogen and oxygen atoms in total. The molecule has 0 radical (unpaired) electrons. The summed E-state index contributed by atoms with van der Waals surface area (Å²) in [5, 5.41) is 12.4. The monoisotopic (exact) mass is 376 g/mol. The van der Waals surface area contributed by atoms with Crippen molar-refractivity contribution >= 4 is 28.5 Å². The Morgan fingerprint density at radius 2 is 2.21 bits per heavy atom. The van der Waals surface area contributed by atoms with Crippen molar-refractivity contribution in [2.45, 2.75) is 26.3 Å². The van der Waals surface area contributed by atoms with E-state index in [4.69, 9.17) is 0 Å². The Hall–Kier alpha value is -0.820. The van der Waals surface area contributed by atoms with E-state index in [9.17, 15) is 9.90 Å². The van der Waals surface area contributed by atoms with E-state index in [1.165, 1.54) is 6.07 Å². The van der Waals surface area contributed by atoms with Crippen LogP contribution in [-0.2, 0) is 0 Å². The zero-order valence-electron chi connectivity index (χ0n) is 11.6. The number of rotatable bonds is 6. The fourth-order valence-corrected chi connectivity index (χ4v) is 1.97. The number of hydrogen-bond acceptors (Lipinski definition) is 3. The summed E-state index contributed by atoms with van der Waals surface area (Å²) in [5.74, 6) is -0.00535. The molecular formula is C14H21IN2O2. The van der Waals surface area contributed by atoms with Crippen molar-refractivity contribution in [2.75, 3.05) is 20.1 Å². The van der Waals surface area contributed by atoms with E-state index in [1.54, 1.807) is 12.1 Å². The smallest absolute Gasteiger partial charge is 0.251 e. The van der Waals surface area contributed by atoms with Crippen LogP contribution in [-0.4, -0.2) is 42.1 Å². The van der Waals surface area contributed by atoms with Crippen molar-refractivity contribution < 1.29 is 9.90 Å². The van der Waals surface area contributed by atoms with E-state index in [0.717, 1.165) is 16.5 Å². The van der Waals surface area contributed by atoms with Crippen LogP contribution in [0.5, 0.6) is 5.75 Å². The predicted octanol–water partition coefficient (Wildman–Crippen LogP) is 2.46.